The zero-order chi connectivity index (χ0) is 20.1. The Hall–Kier alpha value is -2.36. The second kappa shape index (κ2) is 6.61. The van der Waals surface area contributed by atoms with Crippen molar-refractivity contribution < 1.29 is 8.63 Å². The molecule has 0 amide bonds. The molecule has 28 heavy (non-hydrogen) atoms. The van der Waals surface area contributed by atoms with Gasteiger partial charge in [0.15, 0.2) is 0 Å². The predicted molar refractivity (Wildman–Crippen MR) is 115 cm³/mol. The fourth-order valence-electron chi connectivity index (χ4n) is 3.04. The average Bonchev–Trinajstić information content (AvgIpc) is 3.27. The molecule has 1 aliphatic rings. The van der Waals surface area contributed by atoms with Gasteiger partial charge in [0.05, 0.1) is 30.2 Å². The molecule has 0 saturated heterocycles. The van der Waals surface area contributed by atoms with Crippen LogP contribution in [0.4, 0.5) is 0 Å². The molecule has 2 N–H and O–H groups in total. The first kappa shape index (κ1) is 19.0. The van der Waals surface area contributed by atoms with Crippen LogP contribution in [-0.4, -0.2) is 43.3 Å². The number of thiophene rings is 1. The standard InChI is InChI=1S/C18H18ClN5O2S2/c1-18(10-28(3,25)24(2)17(20)21-18)14-12(19)9-13(27-14)16-23-22-15(26-16)11-7-5-4-6-8-11/h4-9H,3,10H2,1-2H3,(H2,20,21)/t18-,28?/m0/s1. The van der Waals surface area contributed by atoms with Crippen molar-refractivity contribution in [1.82, 2.24) is 14.5 Å². The Bertz CT molecular complexity index is 1170. The molecule has 2 aromatic heterocycles. The van der Waals surface area contributed by atoms with E-state index in [9.17, 15) is 4.21 Å². The third-order valence-corrected chi connectivity index (χ3v) is 8.51. The van der Waals surface area contributed by atoms with Crippen LogP contribution in [0.2, 0.25) is 5.02 Å². The number of halogens is 1. The Balaban J connectivity index is 1.73. The molecule has 3 aromatic rings. The van der Waals surface area contributed by atoms with Crippen LogP contribution in [-0.2, 0) is 15.2 Å². The van der Waals surface area contributed by atoms with Gasteiger partial charge in [0.25, 0.3) is 5.89 Å². The number of aromatic nitrogens is 2. The summed E-state index contributed by atoms with van der Waals surface area (Å²) < 4.78 is 20.1. The Kier molecular flexibility index (Phi) is 4.48. The number of guanidine groups is 1. The summed E-state index contributed by atoms with van der Waals surface area (Å²) in [6.45, 7) is 1.85. The van der Waals surface area contributed by atoms with Crippen LogP contribution in [0.3, 0.4) is 0 Å². The van der Waals surface area contributed by atoms with Crippen molar-refractivity contribution in [3.05, 3.63) is 46.3 Å². The van der Waals surface area contributed by atoms with E-state index in [0.717, 1.165) is 10.4 Å². The van der Waals surface area contributed by atoms with E-state index in [2.05, 4.69) is 21.1 Å². The third kappa shape index (κ3) is 3.19. The van der Waals surface area contributed by atoms with Gasteiger partial charge in [-0.25, -0.2) is 9.20 Å². The Morgan fingerprint density at radius 2 is 2.00 bits per heavy atom. The quantitative estimate of drug-likeness (QED) is 0.637. The van der Waals surface area contributed by atoms with E-state index in [1.165, 1.54) is 15.6 Å². The van der Waals surface area contributed by atoms with Gasteiger partial charge in [-0.1, -0.05) is 29.8 Å². The maximum atomic E-state index is 12.9. The fraction of sp³-hybridized carbons (Fsp3) is 0.222. The first-order valence-electron chi connectivity index (χ1n) is 8.33. The molecule has 0 bridgehead atoms. The van der Waals surface area contributed by atoms with Gasteiger partial charge in [0, 0.05) is 12.6 Å². The van der Waals surface area contributed by atoms with Crippen molar-refractivity contribution in [3.63, 3.8) is 0 Å². The number of nitrogens with zero attached hydrogens (tertiary/aromatic N) is 4. The smallest absolute Gasteiger partial charge is 0.258 e. The minimum Gasteiger partial charge on any atom is -0.415 e. The summed E-state index contributed by atoms with van der Waals surface area (Å²) in [6, 6.07) is 11.3. The highest BCUT2D eigenvalue weighted by atomic mass is 35.5. The number of benzene rings is 1. The van der Waals surface area contributed by atoms with Crippen molar-refractivity contribution in [1.29, 1.82) is 0 Å². The number of nitrogens with two attached hydrogens (primary N) is 1. The van der Waals surface area contributed by atoms with Crippen LogP contribution in [0.25, 0.3) is 22.2 Å². The van der Waals surface area contributed by atoms with Gasteiger partial charge in [0.2, 0.25) is 11.9 Å². The van der Waals surface area contributed by atoms with Crippen LogP contribution in [0.5, 0.6) is 0 Å². The van der Waals surface area contributed by atoms with Crippen molar-refractivity contribution in [3.8, 4) is 22.2 Å². The third-order valence-electron chi connectivity index (χ3n) is 4.52. The number of aliphatic imine (C=N–C) groups is 1. The molecule has 146 valence electrons. The molecular weight excluding hydrogens is 418 g/mol. The summed E-state index contributed by atoms with van der Waals surface area (Å²) in [5.41, 5.74) is 5.96. The molecule has 1 aromatic carbocycles. The zero-order valence-corrected chi connectivity index (χ0v) is 17.6. The first-order chi connectivity index (χ1) is 13.2. The fourth-order valence-corrected chi connectivity index (χ4v) is 6.35. The molecule has 0 spiro atoms. The average molecular weight is 436 g/mol. The summed E-state index contributed by atoms with van der Waals surface area (Å²) in [5.74, 6) is 4.99. The highest BCUT2D eigenvalue weighted by Gasteiger charge is 2.40. The minimum absolute atomic E-state index is 0.170. The SMILES string of the molecule is C=S1(=O)C[C@@](C)(c2sc(-c3nnc(-c4ccccc4)o3)cc2Cl)N=C(N)N1C. The van der Waals surface area contributed by atoms with Crippen molar-refractivity contribution >= 4 is 44.5 Å². The van der Waals surface area contributed by atoms with Gasteiger partial charge >= 0.3 is 0 Å². The molecule has 3 heterocycles. The summed E-state index contributed by atoms with van der Waals surface area (Å²) in [6.07, 6.45) is 0. The second-order valence-corrected chi connectivity index (χ2v) is 10.6. The molecule has 1 unspecified atom stereocenters. The molecule has 0 aliphatic carbocycles. The van der Waals surface area contributed by atoms with Crippen molar-refractivity contribution in [2.24, 2.45) is 10.7 Å². The van der Waals surface area contributed by atoms with E-state index in [0.29, 0.717) is 21.7 Å². The van der Waals surface area contributed by atoms with Gasteiger partial charge in [-0.05, 0) is 31.0 Å². The van der Waals surface area contributed by atoms with Crippen molar-refractivity contribution in [2.75, 3.05) is 12.8 Å². The van der Waals surface area contributed by atoms with Crippen LogP contribution in [0.1, 0.15) is 11.8 Å². The molecule has 2 atom stereocenters. The normalized spacial score (nSPS) is 25.0. The van der Waals surface area contributed by atoms with Gasteiger partial charge < -0.3 is 10.2 Å². The largest absolute Gasteiger partial charge is 0.415 e. The highest BCUT2D eigenvalue weighted by molar-refractivity contribution is 7.98. The van der Waals surface area contributed by atoms with E-state index in [1.54, 1.807) is 13.1 Å². The molecule has 0 radical (unpaired) electrons. The molecule has 7 nitrogen and oxygen atoms in total. The summed E-state index contributed by atoms with van der Waals surface area (Å²) in [7, 11) is -0.973. The summed E-state index contributed by atoms with van der Waals surface area (Å²) in [5, 5.41) is 8.74. The van der Waals surface area contributed by atoms with Gasteiger partial charge in [-0.15, -0.1) is 21.5 Å². The zero-order valence-electron chi connectivity index (χ0n) is 15.3. The topological polar surface area (TPSA) is 97.6 Å². The van der Waals surface area contributed by atoms with Crippen LogP contribution < -0.4 is 5.73 Å². The van der Waals surface area contributed by atoms with E-state index < -0.39 is 15.2 Å². The molecular formula is C18H18ClN5O2S2. The van der Waals surface area contributed by atoms with E-state index in [-0.39, 0.29) is 11.7 Å². The predicted octanol–water partition coefficient (Wildman–Crippen LogP) is 3.23. The van der Waals surface area contributed by atoms with Crippen LogP contribution in [0, 0.1) is 0 Å². The molecule has 1 aliphatic heterocycles. The minimum atomic E-state index is -2.60. The second-order valence-electron chi connectivity index (χ2n) is 6.72. The molecule has 10 heteroatoms. The van der Waals surface area contributed by atoms with Crippen molar-refractivity contribution in [2.45, 2.75) is 12.5 Å². The Morgan fingerprint density at radius 1 is 1.32 bits per heavy atom. The van der Waals surface area contributed by atoms with E-state index in [4.69, 9.17) is 21.8 Å². The van der Waals surface area contributed by atoms with Crippen LogP contribution >= 0.6 is 22.9 Å². The van der Waals surface area contributed by atoms with Gasteiger partial charge in [0.1, 0.15) is 5.54 Å². The maximum Gasteiger partial charge on any atom is 0.258 e. The van der Waals surface area contributed by atoms with E-state index in [1.807, 2.05) is 37.3 Å². The Labute approximate surface area is 172 Å². The molecule has 4 rings (SSSR count). The lowest BCUT2D eigenvalue weighted by Crippen LogP contribution is -2.50. The lowest BCUT2D eigenvalue weighted by Gasteiger charge is -2.36. The number of rotatable bonds is 3. The van der Waals surface area contributed by atoms with E-state index >= 15 is 0 Å². The summed E-state index contributed by atoms with van der Waals surface area (Å²) >= 11 is 7.87. The Morgan fingerprint density at radius 3 is 2.68 bits per heavy atom. The van der Waals surface area contributed by atoms with Gasteiger partial charge in [-0.2, -0.15) is 0 Å². The number of hydrogen-bond donors (Lipinski definition) is 1. The summed E-state index contributed by atoms with van der Waals surface area (Å²) in [4.78, 5) is 5.98. The molecule has 0 fully saturated rings. The maximum absolute atomic E-state index is 12.9. The number of hydrogen-bond acceptors (Lipinski definition) is 7. The van der Waals surface area contributed by atoms with Crippen LogP contribution in [0.15, 0.2) is 45.8 Å². The van der Waals surface area contributed by atoms with Gasteiger partial charge in [-0.3, -0.25) is 4.31 Å². The molecule has 0 saturated carbocycles. The highest BCUT2D eigenvalue weighted by Crippen LogP contribution is 2.44. The lowest BCUT2D eigenvalue weighted by atomic mass is 10.0. The lowest BCUT2D eigenvalue weighted by molar-refractivity contribution is 0.522. The monoisotopic (exact) mass is 435 g/mol. The first-order valence-corrected chi connectivity index (χ1v) is 11.4.